The van der Waals surface area contributed by atoms with Gasteiger partial charge in [-0.25, -0.2) is 0 Å². The summed E-state index contributed by atoms with van der Waals surface area (Å²) in [7, 11) is 0. The number of hydrogen-bond acceptors (Lipinski definition) is 3. The molecule has 0 aliphatic carbocycles. The molecular weight excluding hydrogens is 376 g/mol. The van der Waals surface area contributed by atoms with Crippen LogP contribution in [0.2, 0.25) is 0 Å². The molecular formula is C25H34N2O3. The number of amides is 2. The van der Waals surface area contributed by atoms with Crippen LogP contribution in [0.5, 0.6) is 5.75 Å². The highest BCUT2D eigenvalue weighted by atomic mass is 16.5. The van der Waals surface area contributed by atoms with Gasteiger partial charge in [-0.2, -0.15) is 0 Å². The third-order valence-electron chi connectivity index (χ3n) is 5.27. The summed E-state index contributed by atoms with van der Waals surface area (Å²) in [6.45, 7) is 10.2. The van der Waals surface area contributed by atoms with E-state index in [0.717, 1.165) is 12.0 Å². The molecule has 0 heterocycles. The molecule has 2 aromatic rings. The van der Waals surface area contributed by atoms with Crippen molar-refractivity contribution in [2.75, 3.05) is 6.61 Å². The molecule has 5 heteroatoms. The lowest BCUT2D eigenvalue weighted by molar-refractivity contribution is -0.142. The Balaban J connectivity index is 2.09. The van der Waals surface area contributed by atoms with Crippen molar-refractivity contribution in [3.63, 3.8) is 0 Å². The number of carbonyl (C=O) groups excluding carboxylic acids is 2. The number of rotatable bonds is 10. The molecule has 162 valence electrons. The Morgan fingerprint density at radius 3 is 2.17 bits per heavy atom. The number of ether oxygens (including phenoxy) is 1. The first-order chi connectivity index (χ1) is 14.3. The Kier molecular flexibility index (Phi) is 8.90. The maximum Gasteiger partial charge on any atom is 0.261 e. The van der Waals surface area contributed by atoms with E-state index in [-0.39, 0.29) is 24.5 Å². The maximum absolute atomic E-state index is 13.0. The second-order valence-electron chi connectivity index (χ2n) is 8.01. The van der Waals surface area contributed by atoms with E-state index in [2.05, 4.69) is 19.2 Å². The van der Waals surface area contributed by atoms with Gasteiger partial charge in [-0.3, -0.25) is 9.59 Å². The highest BCUT2D eigenvalue weighted by Crippen LogP contribution is 2.19. The van der Waals surface area contributed by atoms with Gasteiger partial charge >= 0.3 is 0 Å². The van der Waals surface area contributed by atoms with Crippen LogP contribution in [0.15, 0.2) is 54.6 Å². The van der Waals surface area contributed by atoms with E-state index in [1.54, 1.807) is 11.8 Å². The first-order valence-corrected chi connectivity index (χ1v) is 10.7. The van der Waals surface area contributed by atoms with Gasteiger partial charge in [-0.05, 0) is 49.4 Å². The Hall–Kier alpha value is -2.82. The van der Waals surface area contributed by atoms with Crippen LogP contribution in [0.1, 0.15) is 58.1 Å². The second kappa shape index (κ2) is 11.4. The summed E-state index contributed by atoms with van der Waals surface area (Å²) in [5, 5.41) is 2.97. The quantitative estimate of drug-likeness (QED) is 0.626. The van der Waals surface area contributed by atoms with Gasteiger partial charge in [0.2, 0.25) is 5.91 Å². The first-order valence-electron chi connectivity index (χ1n) is 10.7. The van der Waals surface area contributed by atoms with Crippen molar-refractivity contribution in [1.82, 2.24) is 10.2 Å². The van der Waals surface area contributed by atoms with E-state index in [1.165, 1.54) is 5.56 Å². The molecule has 0 radical (unpaired) electrons. The normalized spacial score (nSPS) is 12.9. The van der Waals surface area contributed by atoms with Gasteiger partial charge in [0.1, 0.15) is 11.8 Å². The zero-order chi connectivity index (χ0) is 22.1. The Morgan fingerprint density at radius 1 is 0.967 bits per heavy atom. The van der Waals surface area contributed by atoms with Gasteiger partial charge < -0.3 is 15.0 Å². The summed E-state index contributed by atoms with van der Waals surface area (Å²) in [5.74, 6) is 0.699. The summed E-state index contributed by atoms with van der Waals surface area (Å²) in [5.41, 5.74) is 2.19. The largest absolute Gasteiger partial charge is 0.484 e. The molecule has 0 bridgehead atoms. The van der Waals surface area contributed by atoms with E-state index < -0.39 is 6.04 Å². The van der Waals surface area contributed by atoms with Crippen molar-refractivity contribution >= 4 is 11.8 Å². The van der Waals surface area contributed by atoms with Crippen LogP contribution in [0.4, 0.5) is 0 Å². The average Bonchev–Trinajstić information content (AvgIpc) is 2.76. The fraction of sp³-hybridized carbons (Fsp3) is 0.440. The van der Waals surface area contributed by atoms with E-state index in [1.807, 2.05) is 68.4 Å². The molecule has 0 saturated carbocycles. The van der Waals surface area contributed by atoms with Gasteiger partial charge in [-0.1, -0.05) is 63.2 Å². The fourth-order valence-electron chi connectivity index (χ4n) is 3.01. The van der Waals surface area contributed by atoms with Crippen LogP contribution in [0.3, 0.4) is 0 Å². The lowest BCUT2D eigenvalue weighted by atomic mass is 10.0. The standard InChI is InChI=1S/C25H34N2O3/c1-6-19(4)26-25(29)20(5)27(16-21-10-8-7-9-11-21)24(28)17-30-23-14-12-22(13-15-23)18(2)3/h7-15,18-20H,6,16-17H2,1-5H3,(H,26,29)/t19-,20-/m1/s1. The second-order valence-corrected chi connectivity index (χ2v) is 8.01. The van der Waals surface area contributed by atoms with Gasteiger partial charge in [0.25, 0.3) is 5.91 Å². The van der Waals surface area contributed by atoms with Crippen molar-refractivity contribution in [2.24, 2.45) is 0 Å². The molecule has 2 aromatic carbocycles. The average molecular weight is 411 g/mol. The van der Waals surface area contributed by atoms with E-state index in [0.29, 0.717) is 18.2 Å². The summed E-state index contributed by atoms with van der Waals surface area (Å²) in [6, 6.07) is 16.9. The summed E-state index contributed by atoms with van der Waals surface area (Å²) < 4.78 is 5.73. The van der Waals surface area contributed by atoms with Crippen molar-refractivity contribution in [2.45, 2.75) is 65.6 Å². The van der Waals surface area contributed by atoms with Crippen LogP contribution in [-0.4, -0.2) is 35.4 Å². The molecule has 1 N–H and O–H groups in total. The molecule has 0 aliphatic rings. The number of hydrogen-bond donors (Lipinski definition) is 1. The third-order valence-corrected chi connectivity index (χ3v) is 5.27. The molecule has 2 rings (SSSR count). The summed E-state index contributed by atoms with van der Waals surface area (Å²) in [4.78, 5) is 27.3. The topological polar surface area (TPSA) is 58.6 Å². The minimum absolute atomic E-state index is 0.0596. The lowest BCUT2D eigenvalue weighted by Gasteiger charge is -2.29. The molecule has 0 unspecified atom stereocenters. The third kappa shape index (κ3) is 6.90. The highest BCUT2D eigenvalue weighted by Gasteiger charge is 2.27. The first kappa shape index (κ1) is 23.5. The highest BCUT2D eigenvalue weighted by molar-refractivity contribution is 5.88. The van der Waals surface area contributed by atoms with Gasteiger partial charge in [0.05, 0.1) is 0 Å². The SMILES string of the molecule is CC[C@@H](C)NC(=O)[C@@H](C)N(Cc1ccccc1)C(=O)COc1ccc(C(C)C)cc1. The monoisotopic (exact) mass is 410 g/mol. The van der Waals surface area contributed by atoms with Gasteiger partial charge in [-0.15, -0.1) is 0 Å². The minimum Gasteiger partial charge on any atom is -0.484 e. The Morgan fingerprint density at radius 2 is 1.60 bits per heavy atom. The van der Waals surface area contributed by atoms with E-state index >= 15 is 0 Å². The maximum atomic E-state index is 13.0. The zero-order valence-electron chi connectivity index (χ0n) is 18.7. The molecule has 30 heavy (non-hydrogen) atoms. The van der Waals surface area contributed by atoms with Crippen molar-refractivity contribution in [3.05, 3.63) is 65.7 Å². The lowest BCUT2D eigenvalue weighted by Crippen LogP contribution is -2.50. The number of nitrogens with zero attached hydrogens (tertiary/aromatic N) is 1. The van der Waals surface area contributed by atoms with Gasteiger partial charge in [0, 0.05) is 12.6 Å². The van der Waals surface area contributed by atoms with Crippen LogP contribution in [-0.2, 0) is 16.1 Å². The number of nitrogens with one attached hydrogen (secondary N) is 1. The zero-order valence-corrected chi connectivity index (χ0v) is 18.7. The van der Waals surface area contributed by atoms with Crippen LogP contribution >= 0.6 is 0 Å². The summed E-state index contributed by atoms with van der Waals surface area (Å²) >= 11 is 0. The molecule has 2 atom stereocenters. The van der Waals surface area contributed by atoms with Crippen molar-refractivity contribution < 1.29 is 14.3 Å². The van der Waals surface area contributed by atoms with Crippen LogP contribution < -0.4 is 10.1 Å². The fourth-order valence-corrected chi connectivity index (χ4v) is 3.01. The molecule has 0 aliphatic heterocycles. The molecule has 0 fully saturated rings. The molecule has 5 nitrogen and oxygen atoms in total. The summed E-state index contributed by atoms with van der Waals surface area (Å²) in [6.07, 6.45) is 0.834. The van der Waals surface area contributed by atoms with Crippen molar-refractivity contribution in [1.29, 1.82) is 0 Å². The van der Waals surface area contributed by atoms with Crippen molar-refractivity contribution in [3.8, 4) is 5.75 Å². The predicted molar refractivity (Wildman–Crippen MR) is 120 cm³/mol. The predicted octanol–water partition coefficient (Wildman–Crippen LogP) is 4.52. The molecule has 0 aromatic heterocycles. The Bertz CT molecular complexity index is 803. The van der Waals surface area contributed by atoms with E-state index in [9.17, 15) is 9.59 Å². The molecule has 0 spiro atoms. The van der Waals surface area contributed by atoms with E-state index in [4.69, 9.17) is 4.74 Å². The molecule has 2 amide bonds. The smallest absolute Gasteiger partial charge is 0.261 e. The number of carbonyl (C=O) groups is 2. The van der Waals surface area contributed by atoms with Gasteiger partial charge in [0.15, 0.2) is 6.61 Å². The van der Waals surface area contributed by atoms with Crippen LogP contribution in [0, 0.1) is 0 Å². The number of benzene rings is 2. The Labute approximate surface area is 180 Å². The molecule has 0 saturated heterocycles. The van der Waals surface area contributed by atoms with Crippen LogP contribution in [0.25, 0.3) is 0 Å². The minimum atomic E-state index is -0.598.